The summed E-state index contributed by atoms with van der Waals surface area (Å²) in [5, 5.41) is 3.77. The van der Waals surface area contributed by atoms with Crippen LogP contribution >= 0.6 is 0 Å². The molecule has 7 heteroatoms. The number of carbonyl (C=O) groups excluding carboxylic acids is 1. The molecule has 0 aliphatic rings. The van der Waals surface area contributed by atoms with Crippen molar-refractivity contribution in [2.45, 2.75) is 52.1 Å². The molecule has 7 nitrogen and oxygen atoms in total. The summed E-state index contributed by atoms with van der Waals surface area (Å²) in [4.78, 5) is 37.4. The average molecular weight is 432 g/mol. The Morgan fingerprint density at radius 3 is 2.56 bits per heavy atom. The van der Waals surface area contributed by atoms with Crippen molar-refractivity contribution in [3.8, 4) is 0 Å². The molecule has 0 radical (unpaired) electrons. The number of imidazole rings is 1. The number of para-hydroxylation sites is 3. The lowest BCUT2D eigenvalue weighted by molar-refractivity contribution is -0.122. The molecule has 32 heavy (non-hydrogen) atoms. The Kier molecular flexibility index (Phi) is 6.63. The van der Waals surface area contributed by atoms with Crippen molar-refractivity contribution in [2.24, 2.45) is 5.92 Å². The first-order valence-electron chi connectivity index (χ1n) is 11.2. The number of aromatic amines is 1. The molecule has 0 aliphatic heterocycles. The quantitative estimate of drug-likeness (QED) is 0.386. The monoisotopic (exact) mass is 431 g/mol. The van der Waals surface area contributed by atoms with E-state index >= 15 is 0 Å². The molecular formula is C25H29N5O2. The Morgan fingerprint density at radius 2 is 1.78 bits per heavy atom. The molecule has 0 fully saturated rings. The number of amides is 1. The van der Waals surface area contributed by atoms with E-state index in [1.54, 1.807) is 17.0 Å². The minimum Gasteiger partial charge on any atom is -0.346 e. The maximum Gasteiger partial charge on any atom is 0.261 e. The van der Waals surface area contributed by atoms with Crippen LogP contribution in [-0.2, 0) is 11.3 Å². The minimum absolute atomic E-state index is 0.0149. The first kappa shape index (κ1) is 21.7. The second kappa shape index (κ2) is 9.77. The van der Waals surface area contributed by atoms with Crippen LogP contribution in [-0.4, -0.2) is 25.4 Å². The van der Waals surface area contributed by atoms with Crippen molar-refractivity contribution in [2.75, 3.05) is 0 Å². The molecule has 0 aliphatic carbocycles. The molecule has 0 bridgehead atoms. The minimum atomic E-state index is -0.155. The van der Waals surface area contributed by atoms with Crippen LogP contribution in [0.2, 0.25) is 0 Å². The van der Waals surface area contributed by atoms with Crippen LogP contribution in [0.15, 0.2) is 59.7 Å². The van der Waals surface area contributed by atoms with Crippen LogP contribution in [0, 0.1) is 5.92 Å². The van der Waals surface area contributed by atoms with Crippen LogP contribution < -0.4 is 10.9 Å². The van der Waals surface area contributed by atoms with Gasteiger partial charge in [-0.05, 0) is 43.0 Å². The Labute approximate surface area is 186 Å². The van der Waals surface area contributed by atoms with Crippen LogP contribution in [0.3, 0.4) is 0 Å². The van der Waals surface area contributed by atoms with E-state index in [2.05, 4.69) is 34.1 Å². The van der Waals surface area contributed by atoms with Gasteiger partial charge in [0.15, 0.2) is 0 Å². The number of aromatic nitrogens is 4. The fourth-order valence-electron chi connectivity index (χ4n) is 3.93. The fraction of sp³-hybridized carbons (Fsp3) is 0.360. The summed E-state index contributed by atoms with van der Waals surface area (Å²) in [6.07, 6.45) is 4.52. The molecule has 0 saturated heterocycles. The highest BCUT2D eigenvalue weighted by molar-refractivity contribution is 5.78. The van der Waals surface area contributed by atoms with Crippen molar-refractivity contribution in [1.82, 2.24) is 24.8 Å². The van der Waals surface area contributed by atoms with Crippen molar-refractivity contribution >= 4 is 27.8 Å². The Balaban J connectivity index is 1.27. The van der Waals surface area contributed by atoms with E-state index in [4.69, 9.17) is 0 Å². The van der Waals surface area contributed by atoms with Gasteiger partial charge in [-0.15, -0.1) is 0 Å². The third-order valence-corrected chi connectivity index (χ3v) is 5.72. The number of aryl methyl sites for hydroxylation is 1. The van der Waals surface area contributed by atoms with E-state index in [1.165, 1.54) is 0 Å². The molecule has 166 valence electrons. The topological polar surface area (TPSA) is 92.7 Å². The van der Waals surface area contributed by atoms with Crippen LogP contribution in [0.4, 0.5) is 0 Å². The molecule has 2 aromatic heterocycles. The molecule has 2 heterocycles. The molecule has 4 rings (SSSR count). The summed E-state index contributed by atoms with van der Waals surface area (Å²) < 4.78 is 1.65. The van der Waals surface area contributed by atoms with Gasteiger partial charge < -0.3 is 10.3 Å². The normalized spacial score (nSPS) is 12.5. The van der Waals surface area contributed by atoms with Crippen LogP contribution in [0.5, 0.6) is 0 Å². The van der Waals surface area contributed by atoms with Crippen molar-refractivity contribution in [1.29, 1.82) is 0 Å². The predicted molar refractivity (Wildman–Crippen MR) is 126 cm³/mol. The third kappa shape index (κ3) is 4.88. The smallest absolute Gasteiger partial charge is 0.261 e. The van der Waals surface area contributed by atoms with Gasteiger partial charge in [0.25, 0.3) is 5.56 Å². The summed E-state index contributed by atoms with van der Waals surface area (Å²) in [6, 6.07) is 15.1. The maximum atomic E-state index is 12.6. The van der Waals surface area contributed by atoms with E-state index in [1.807, 2.05) is 42.5 Å². The van der Waals surface area contributed by atoms with Gasteiger partial charge >= 0.3 is 0 Å². The lowest BCUT2D eigenvalue weighted by Gasteiger charge is -2.20. The van der Waals surface area contributed by atoms with E-state index < -0.39 is 0 Å². The highest BCUT2D eigenvalue weighted by Crippen LogP contribution is 2.22. The number of nitrogens with one attached hydrogen (secondary N) is 2. The van der Waals surface area contributed by atoms with E-state index in [-0.39, 0.29) is 23.4 Å². The lowest BCUT2D eigenvalue weighted by Crippen LogP contribution is -2.32. The number of nitrogens with zero attached hydrogens (tertiary/aromatic N) is 3. The molecule has 4 aromatic rings. The zero-order valence-electron chi connectivity index (χ0n) is 18.5. The van der Waals surface area contributed by atoms with E-state index in [0.717, 1.165) is 41.6 Å². The van der Waals surface area contributed by atoms with E-state index in [9.17, 15) is 9.59 Å². The zero-order valence-corrected chi connectivity index (χ0v) is 18.5. The Hall–Kier alpha value is -3.48. The zero-order chi connectivity index (χ0) is 22.5. The molecule has 0 saturated carbocycles. The number of carbonyl (C=O) groups is 1. The molecule has 0 unspecified atom stereocenters. The highest BCUT2D eigenvalue weighted by Gasteiger charge is 2.21. The number of benzene rings is 2. The lowest BCUT2D eigenvalue weighted by atomic mass is 10.0. The van der Waals surface area contributed by atoms with Gasteiger partial charge in [-0.1, -0.05) is 44.5 Å². The summed E-state index contributed by atoms with van der Waals surface area (Å²) in [5.74, 6) is 1.03. The van der Waals surface area contributed by atoms with E-state index in [0.29, 0.717) is 18.4 Å². The molecule has 0 spiro atoms. The molecular weight excluding hydrogens is 402 g/mol. The summed E-state index contributed by atoms with van der Waals surface area (Å²) in [7, 11) is 0. The number of rotatable bonds is 9. The first-order valence-corrected chi connectivity index (χ1v) is 11.2. The van der Waals surface area contributed by atoms with Crippen molar-refractivity contribution < 1.29 is 4.79 Å². The standard InChI is InChI=1S/C25H29N5O2/c1-17(2)23(24-27-20-12-7-8-13-21(20)28-24)29-22(31)14-4-3-9-15-30-16-26-19-11-6-5-10-18(19)25(30)32/h5-8,10-13,16-17,23H,3-4,9,14-15H2,1-2H3,(H,27,28)(H,29,31)/t23-/m1/s1. The van der Waals surface area contributed by atoms with Gasteiger partial charge in [0, 0.05) is 13.0 Å². The van der Waals surface area contributed by atoms with Gasteiger partial charge in [-0.3, -0.25) is 14.2 Å². The molecule has 1 amide bonds. The number of H-pyrrole nitrogens is 1. The average Bonchev–Trinajstić information content (AvgIpc) is 3.22. The predicted octanol–water partition coefficient (Wildman–Crippen LogP) is 4.35. The maximum absolute atomic E-state index is 12.6. The number of unbranched alkanes of at least 4 members (excludes halogenated alkanes) is 2. The molecule has 2 aromatic carbocycles. The van der Waals surface area contributed by atoms with Crippen LogP contribution in [0.25, 0.3) is 21.9 Å². The summed E-state index contributed by atoms with van der Waals surface area (Å²) in [6.45, 7) is 4.76. The fourth-order valence-corrected chi connectivity index (χ4v) is 3.93. The molecule has 1 atom stereocenters. The Morgan fingerprint density at radius 1 is 1.03 bits per heavy atom. The first-order chi connectivity index (χ1) is 15.5. The highest BCUT2D eigenvalue weighted by atomic mass is 16.1. The third-order valence-electron chi connectivity index (χ3n) is 5.72. The Bertz CT molecular complexity index is 1240. The summed E-state index contributed by atoms with van der Waals surface area (Å²) in [5.41, 5.74) is 2.58. The largest absolute Gasteiger partial charge is 0.346 e. The number of hydrogen-bond donors (Lipinski definition) is 2. The van der Waals surface area contributed by atoms with Gasteiger partial charge in [-0.25, -0.2) is 9.97 Å². The van der Waals surface area contributed by atoms with Crippen molar-refractivity contribution in [3.63, 3.8) is 0 Å². The summed E-state index contributed by atoms with van der Waals surface area (Å²) >= 11 is 0. The number of hydrogen-bond acceptors (Lipinski definition) is 4. The van der Waals surface area contributed by atoms with Crippen molar-refractivity contribution in [3.05, 3.63) is 71.0 Å². The second-order valence-corrected chi connectivity index (χ2v) is 8.50. The van der Waals surface area contributed by atoms with Gasteiger partial charge in [0.05, 0.1) is 34.3 Å². The SMILES string of the molecule is CC(C)[C@@H](NC(=O)CCCCCn1cnc2ccccc2c1=O)c1nc2ccccc2[nH]1. The van der Waals surface area contributed by atoms with Gasteiger partial charge in [0.2, 0.25) is 5.91 Å². The van der Waals surface area contributed by atoms with Gasteiger partial charge in [-0.2, -0.15) is 0 Å². The number of fused-ring (bicyclic) bond motifs is 2. The molecule has 2 N–H and O–H groups in total. The van der Waals surface area contributed by atoms with Crippen LogP contribution in [0.1, 0.15) is 51.4 Å². The second-order valence-electron chi connectivity index (χ2n) is 8.50. The van der Waals surface area contributed by atoms with Gasteiger partial charge in [0.1, 0.15) is 5.82 Å².